The van der Waals surface area contributed by atoms with Gasteiger partial charge in [-0.1, -0.05) is 11.6 Å². The molecular weight excluding hydrogens is 428 g/mol. The van der Waals surface area contributed by atoms with Crippen LogP contribution in [0.15, 0.2) is 24.8 Å². The summed E-state index contributed by atoms with van der Waals surface area (Å²) in [5.74, 6) is 1.32. The molecule has 2 saturated heterocycles. The van der Waals surface area contributed by atoms with Gasteiger partial charge in [-0.2, -0.15) is 0 Å². The first-order valence-corrected chi connectivity index (χ1v) is 10.2. The zero-order valence-corrected chi connectivity index (χ0v) is 17.0. The number of aliphatic hydroxyl groups is 3. The monoisotopic (exact) mass is 448 g/mol. The molecule has 4 N–H and O–H groups in total. The molecule has 0 radical (unpaired) electrons. The molecule has 0 unspecified atom stereocenters. The van der Waals surface area contributed by atoms with Crippen LogP contribution in [-0.2, 0) is 4.74 Å². The van der Waals surface area contributed by atoms with Gasteiger partial charge in [0, 0.05) is 19.1 Å². The number of nitrogens with one attached hydrogen (secondary N) is 1. The molecule has 31 heavy (non-hydrogen) atoms. The fraction of sp³-hybridized carbons (Fsp3) is 0.500. The van der Waals surface area contributed by atoms with E-state index in [1.165, 1.54) is 17.2 Å². The summed E-state index contributed by atoms with van der Waals surface area (Å²) in [5.41, 5.74) is 0.968. The Labute approximate surface area is 181 Å². The van der Waals surface area contributed by atoms with E-state index in [9.17, 15) is 15.3 Å². The molecule has 164 valence electrons. The minimum absolute atomic E-state index is 0.106. The number of ether oxygens (including phenoxy) is 1. The molecule has 2 aliphatic heterocycles. The highest BCUT2D eigenvalue weighted by molar-refractivity contribution is 6.29. The van der Waals surface area contributed by atoms with Gasteiger partial charge in [-0.15, -0.1) is 10.2 Å². The van der Waals surface area contributed by atoms with Crippen LogP contribution in [0.25, 0.3) is 11.2 Å². The molecule has 0 aromatic carbocycles. The highest BCUT2D eigenvalue weighted by atomic mass is 35.5. The standard InChI is InChI=1S/C18H21ClN8O4/c19-11-1-2-12(25-24-11)26-4-3-9(5-26)23-16-13-17(21-7-20-16)27(8-22-13)18-15(30)14(29)10(6-28)31-18/h1-2,7-10,14-15,18,28-30H,3-6H2,(H,20,21,23)/t9-,10+,14+,15+,18+/m0/s1. The van der Waals surface area contributed by atoms with Crippen molar-refractivity contribution in [1.29, 1.82) is 0 Å². The average molecular weight is 449 g/mol. The van der Waals surface area contributed by atoms with Crippen LogP contribution in [-0.4, -0.2) is 89.1 Å². The number of nitrogens with zero attached hydrogens (tertiary/aromatic N) is 7. The first kappa shape index (κ1) is 20.3. The Kier molecular flexibility index (Phi) is 5.32. The molecule has 0 amide bonds. The molecule has 3 aromatic rings. The lowest BCUT2D eigenvalue weighted by atomic mass is 10.1. The lowest BCUT2D eigenvalue weighted by molar-refractivity contribution is -0.0511. The third-order valence-electron chi connectivity index (χ3n) is 5.62. The fourth-order valence-corrected chi connectivity index (χ4v) is 4.11. The van der Waals surface area contributed by atoms with E-state index in [0.29, 0.717) is 28.7 Å². The molecule has 13 heteroatoms. The van der Waals surface area contributed by atoms with Crippen LogP contribution in [0.2, 0.25) is 5.15 Å². The summed E-state index contributed by atoms with van der Waals surface area (Å²) >= 11 is 5.81. The third kappa shape index (κ3) is 3.66. The zero-order valence-electron chi connectivity index (χ0n) is 16.3. The Bertz CT molecular complexity index is 1070. The predicted octanol–water partition coefficient (Wildman–Crippen LogP) is -0.428. The van der Waals surface area contributed by atoms with Crippen molar-refractivity contribution in [2.24, 2.45) is 0 Å². The van der Waals surface area contributed by atoms with E-state index in [2.05, 4.69) is 35.4 Å². The second-order valence-electron chi connectivity index (χ2n) is 7.57. The van der Waals surface area contributed by atoms with Crippen LogP contribution in [0.3, 0.4) is 0 Å². The number of aromatic nitrogens is 6. The molecule has 5 heterocycles. The van der Waals surface area contributed by atoms with Crippen LogP contribution < -0.4 is 10.2 Å². The van der Waals surface area contributed by atoms with Gasteiger partial charge in [0.2, 0.25) is 0 Å². The van der Waals surface area contributed by atoms with Gasteiger partial charge in [0.25, 0.3) is 0 Å². The SMILES string of the molecule is OC[C@H]1O[C@@H](n2cnc3c(N[C@H]4CCN(c5ccc(Cl)nn5)C4)ncnc32)[C@H](O)[C@@H]1O. The normalized spacial score (nSPS) is 28.5. The summed E-state index contributed by atoms with van der Waals surface area (Å²) in [6.07, 6.45) is -0.457. The molecule has 0 saturated carbocycles. The smallest absolute Gasteiger partial charge is 0.167 e. The van der Waals surface area contributed by atoms with Gasteiger partial charge >= 0.3 is 0 Å². The third-order valence-corrected chi connectivity index (χ3v) is 5.82. The lowest BCUT2D eigenvalue weighted by Gasteiger charge is -2.18. The molecule has 0 bridgehead atoms. The van der Waals surface area contributed by atoms with Gasteiger partial charge in [0.1, 0.15) is 24.6 Å². The second-order valence-corrected chi connectivity index (χ2v) is 7.95. The molecular formula is C18H21ClN8O4. The summed E-state index contributed by atoms with van der Waals surface area (Å²) in [6.45, 7) is 1.11. The quantitative estimate of drug-likeness (QED) is 0.402. The number of imidazole rings is 1. The minimum Gasteiger partial charge on any atom is -0.394 e. The Morgan fingerprint density at radius 3 is 2.77 bits per heavy atom. The van der Waals surface area contributed by atoms with Crippen molar-refractivity contribution in [3.8, 4) is 0 Å². The Morgan fingerprint density at radius 2 is 2.03 bits per heavy atom. The van der Waals surface area contributed by atoms with E-state index in [0.717, 1.165) is 18.8 Å². The topological polar surface area (TPSA) is 155 Å². The highest BCUT2D eigenvalue weighted by Crippen LogP contribution is 2.32. The van der Waals surface area contributed by atoms with Gasteiger partial charge in [0.05, 0.1) is 12.9 Å². The van der Waals surface area contributed by atoms with Crippen LogP contribution in [0.4, 0.5) is 11.6 Å². The number of fused-ring (bicyclic) bond motifs is 1. The first-order chi connectivity index (χ1) is 15.0. The van der Waals surface area contributed by atoms with Crippen molar-refractivity contribution < 1.29 is 20.1 Å². The van der Waals surface area contributed by atoms with E-state index < -0.39 is 31.1 Å². The lowest BCUT2D eigenvalue weighted by Crippen LogP contribution is -2.33. The van der Waals surface area contributed by atoms with Crippen molar-refractivity contribution in [2.75, 3.05) is 29.9 Å². The zero-order chi connectivity index (χ0) is 21.5. The van der Waals surface area contributed by atoms with E-state index in [4.69, 9.17) is 16.3 Å². The van der Waals surface area contributed by atoms with Crippen molar-refractivity contribution in [1.82, 2.24) is 29.7 Å². The molecule has 2 aliphatic rings. The number of hydrogen-bond acceptors (Lipinski definition) is 11. The molecule has 12 nitrogen and oxygen atoms in total. The number of hydrogen-bond donors (Lipinski definition) is 4. The highest BCUT2D eigenvalue weighted by Gasteiger charge is 2.44. The van der Waals surface area contributed by atoms with Crippen LogP contribution >= 0.6 is 11.6 Å². The summed E-state index contributed by atoms with van der Waals surface area (Å²) in [5, 5.41) is 41.5. The average Bonchev–Trinajstić information content (AvgIpc) is 3.48. The molecule has 0 spiro atoms. The van der Waals surface area contributed by atoms with E-state index in [1.54, 1.807) is 6.07 Å². The fourth-order valence-electron chi connectivity index (χ4n) is 4.01. The molecule has 3 aromatic heterocycles. The summed E-state index contributed by atoms with van der Waals surface area (Å²) in [4.78, 5) is 15.1. The van der Waals surface area contributed by atoms with Crippen molar-refractivity contribution in [3.63, 3.8) is 0 Å². The first-order valence-electron chi connectivity index (χ1n) is 9.86. The predicted molar refractivity (Wildman–Crippen MR) is 110 cm³/mol. The maximum Gasteiger partial charge on any atom is 0.167 e. The molecule has 0 aliphatic carbocycles. The number of halogens is 1. The number of anilines is 2. The summed E-state index contributed by atoms with van der Waals surface area (Å²) in [6, 6.07) is 3.65. The van der Waals surface area contributed by atoms with Crippen molar-refractivity contribution >= 4 is 34.4 Å². The largest absolute Gasteiger partial charge is 0.394 e. The number of aliphatic hydroxyl groups excluding tert-OH is 3. The molecule has 5 rings (SSSR count). The Morgan fingerprint density at radius 1 is 1.16 bits per heavy atom. The Hall–Kier alpha value is -2.64. The summed E-state index contributed by atoms with van der Waals surface area (Å²) in [7, 11) is 0. The van der Waals surface area contributed by atoms with E-state index in [-0.39, 0.29) is 6.04 Å². The van der Waals surface area contributed by atoms with E-state index in [1.807, 2.05) is 6.07 Å². The molecule has 2 fully saturated rings. The number of rotatable bonds is 5. The van der Waals surface area contributed by atoms with Crippen LogP contribution in [0.5, 0.6) is 0 Å². The molecule has 5 atom stereocenters. The van der Waals surface area contributed by atoms with Crippen LogP contribution in [0, 0.1) is 0 Å². The van der Waals surface area contributed by atoms with Crippen molar-refractivity contribution in [2.45, 2.75) is 37.0 Å². The van der Waals surface area contributed by atoms with Gasteiger partial charge in [-0.25, -0.2) is 15.0 Å². The van der Waals surface area contributed by atoms with Gasteiger partial charge < -0.3 is 30.3 Å². The van der Waals surface area contributed by atoms with Crippen molar-refractivity contribution in [3.05, 3.63) is 29.9 Å². The minimum atomic E-state index is -1.22. The maximum atomic E-state index is 10.3. The van der Waals surface area contributed by atoms with E-state index >= 15 is 0 Å². The van der Waals surface area contributed by atoms with Gasteiger partial charge in [-0.3, -0.25) is 4.57 Å². The summed E-state index contributed by atoms with van der Waals surface area (Å²) < 4.78 is 7.13. The van der Waals surface area contributed by atoms with Gasteiger partial charge in [-0.05, 0) is 18.6 Å². The van der Waals surface area contributed by atoms with Gasteiger partial charge in [0.15, 0.2) is 34.2 Å². The Balaban J connectivity index is 1.34. The van der Waals surface area contributed by atoms with Crippen LogP contribution in [0.1, 0.15) is 12.6 Å². The maximum absolute atomic E-state index is 10.3. The second kappa shape index (κ2) is 8.13.